The fraction of sp³-hybridized carbons (Fsp3) is 0.222. The molecule has 0 fully saturated rings. The van der Waals surface area contributed by atoms with E-state index in [0.29, 0.717) is 6.61 Å². The summed E-state index contributed by atoms with van der Waals surface area (Å²) in [6.45, 7) is 6.48. The van der Waals surface area contributed by atoms with Gasteiger partial charge in [-0.15, -0.1) is 6.58 Å². The zero-order chi connectivity index (χ0) is 15.2. The maximum absolute atomic E-state index is 5.65. The van der Waals surface area contributed by atoms with Gasteiger partial charge in [0.05, 0.1) is 10.2 Å². The van der Waals surface area contributed by atoms with Crippen LogP contribution in [0.15, 0.2) is 49.1 Å². The summed E-state index contributed by atoms with van der Waals surface area (Å²) < 4.78 is 8.08. The summed E-state index contributed by atoms with van der Waals surface area (Å²) in [4.78, 5) is 0. The van der Waals surface area contributed by atoms with Crippen molar-refractivity contribution in [1.82, 2.24) is 0 Å². The maximum Gasteiger partial charge on any atom is 0.133 e. The number of rotatable bonds is 6. The number of benzene rings is 2. The summed E-state index contributed by atoms with van der Waals surface area (Å²) in [5, 5.41) is 0. The van der Waals surface area contributed by atoms with Crippen molar-refractivity contribution < 1.29 is 4.74 Å². The van der Waals surface area contributed by atoms with Gasteiger partial charge in [-0.2, -0.15) is 0 Å². The molecule has 0 atom stereocenters. The highest BCUT2D eigenvalue weighted by molar-refractivity contribution is 14.1. The molecular formula is C18H18I2O. The summed E-state index contributed by atoms with van der Waals surface area (Å²) in [6, 6.07) is 13.0. The standard InChI is InChI=1S/C18H18I2O/c1-3-5-6-13-7-9-14(10-8-13)15-11-12-16(21-4-2)18(20)17(15)19/h3,7-12H,1,4-6H2,2H3. The lowest BCUT2D eigenvalue weighted by Gasteiger charge is -2.12. The summed E-state index contributed by atoms with van der Waals surface area (Å²) in [5.41, 5.74) is 3.87. The second-order valence-corrected chi connectivity index (χ2v) is 6.85. The number of hydrogen-bond acceptors (Lipinski definition) is 1. The Morgan fingerprint density at radius 3 is 2.38 bits per heavy atom. The van der Waals surface area contributed by atoms with E-state index in [4.69, 9.17) is 4.74 Å². The molecule has 0 aliphatic carbocycles. The van der Waals surface area contributed by atoms with Gasteiger partial charge in [0, 0.05) is 3.57 Å². The zero-order valence-electron chi connectivity index (χ0n) is 12.0. The fourth-order valence-corrected chi connectivity index (χ4v) is 3.52. The first-order valence-corrected chi connectivity index (χ1v) is 9.14. The molecule has 2 rings (SSSR count). The van der Waals surface area contributed by atoms with Crippen molar-refractivity contribution in [3.05, 3.63) is 61.8 Å². The summed E-state index contributed by atoms with van der Waals surface area (Å²) in [5.74, 6) is 0.967. The Hall–Kier alpha value is -0.560. The molecule has 0 unspecified atom stereocenters. The average Bonchev–Trinajstić information content (AvgIpc) is 2.51. The largest absolute Gasteiger partial charge is 0.493 e. The Morgan fingerprint density at radius 2 is 1.76 bits per heavy atom. The molecule has 21 heavy (non-hydrogen) atoms. The maximum atomic E-state index is 5.65. The van der Waals surface area contributed by atoms with Gasteiger partial charge in [0.15, 0.2) is 0 Å². The average molecular weight is 504 g/mol. The van der Waals surface area contributed by atoms with Crippen LogP contribution in [0.3, 0.4) is 0 Å². The van der Waals surface area contributed by atoms with Gasteiger partial charge in [0.25, 0.3) is 0 Å². The van der Waals surface area contributed by atoms with Crippen LogP contribution >= 0.6 is 45.2 Å². The van der Waals surface area contributed by atoms with Crippen molar-refractivity contribution in [3.63, 3.8) is 0 Å². The van der Waals surface area contributed by atoms with E-state index in [0.717, 1.165) is 18.6 Å². The third kappa shape index (κ3) is 4.22. The smallest absolute Gasteiger partial charge is 0.133 e. The molecule has 0 amide bonds. The Morgan fingerprint density at radius 1 is 1.05 bits per heavy atom. The van der Waals surface area contributed by atoms with E-state index in [2.05, 4.69) is 88.2 Å². The van der Waals surface area contributed by atoms with Crippen LogP contribution in [0, 0.1) is 7.14 Å². The molecule has 0 spiro atoms. The van der Waals surface area contributed by atoms with E-state index in [1.165, 1.54) is 23.8 Å². The van der Waals surface area contributed by atoms with E-state index >= 15 is 0 Å². The van der Waals surface area contributed by atoms with Crippen LogP contribution in [-0.2, 0) is 6.42 Å². The predicted octanol–water partition coefficient (Wildman–Crippen LogP) is 6.08. The van der Waals surface area contributed by atoms with E-state index in [1.807, 2.05) is 13.0 Å². The quantitative estimate of drug-likeness (QED) is 0.343. The molecule has 2 aromatic carbocycles. The predicted molar refractivity (Wildman–Crippen MR) is 107 cm³/mol. The third-order valence-corrected chi connectivity index (χ3v) is 6.47. The minimum absolute atomic E-state index is 0.698. The lowest BCUT2D eigenvalue weighted by atomic mass is 10.0. The van der Waals surface area contributed by atoms with Gasteiger partial charge in [-0.25, -0.2) is 0 Å². The zero-order valence-corrected chi connectivity index (χ0v) is 16.3. The van der Waals surface area contributed by atoms with Gasteiger partial charge in [0.2, 0.25) is 0 Å². The lowest BCUT2D eigenvalue weighted by Crippen LogP contribution is -1.97. The highest BCUT2D eigenvalue weighted by Crippen LogP contribution is 2.34. The molecule has 1 nitrogen and oxygen atoms in total. The third-order valence-electron chi connectivity index (χ3n) is 3.25. The van der Waals surface area contributed by atoms with Gasteiger partial charge in [0.1, 0.15) is 5.75 Å². The minimum Gasteiger partial charge on any atom is -0.493 e. The number of ether oxygens (including phenoxy) is 1. The summed E-state index contributed by atoms with van der Waals surface area (Å²) in [7, 11) is 0. The molecule has 0 bridgehead atoms. The van der Waals surface area contributed by atoms with Crippen molar-refractivity contribution in [1.29, 1.82) is 0 Å². The number of allylic oxidation sites excluding steroid dienone is 1. The van der Waals surface area contributed by atoms with Gasteiger partial charge in [-0.1, -0.05) is 30.3 Å². The molecule has 0 saturated carbocycles. The van der Waals surface area contributed by atoms with Crippen LogP contribution in [0.1, 0.15) is 18.9 Å². The van der Waals surface area contributed by atoms with Crippen LogP contribution in [0.5, 0.6) is 5.75 Å². The normalized spacial score (nSPS) is 10.4. The Kier molecular flexibility index (Phi) is 6.54. The number of hydrogen-bond donors (Lipinski definition) is 0. The minimum atomic E-state index is 0.698. The Labute approximate surface area is 154 Å². The molecule has 110 valence electrons. The van der Waals surface area contributed by atoms with Crippen molar-refractivity contribution >= 4 is 45.2 Å². The molecule has 3 heteroatoms. The molecule has 0 radical (unpaired) electrons. The molecular weight excluding hydrogens is 486 g/mol. The Bertz CT molecular complexity index is 618. The van der Waals surface area contributed by atoms with Crippen molar-refractivity contribution in [2.45, 2.75) is 19.8 Å². The first-order chi connectivity index (χ1) is 10.2. The Balaban J connectivity index is 2.29. The monoisotopic (exact) mass is 504 g/mol. The van der Waals surface area contributed by atoms with E-state index in [-0.39, 0.29) is 0 Å². The van der Waals surface area contributed by atoms with E-state index < -0.39 is 0 Å². The number of halogens is 2. The van der Waals surface area contributed by atoms with Crippen LogP contribution in [-0.4, -0.2) is 6.61 Å². The lowest BCUT2D eigenvalue weighted by molar-refractivity contribution is 0.337. The molecule has 0 heterocycles. The topological polar surface area (TPSA) is 9.23 Å². The van der Waals surface area contributed by atoms with Gasteiger partial charge >= 0.3 is 0 Å². The summed E-state index contributed by atoms with van der Waals surface area (Å²) in [6.07, 6.45) is 4.05. The second-order valence-electron chi connectivity index (χ2n) is 4.70. The van der Waals surface area contributed by atoms with Crippen molar-refractivity contribution in [2.24, 2.45) is 0 Å². The molecule has 0 aliphatic heterocycles. The summed E-state index contributed by atoms with van der Waals surface area (Å²) >= 11 is 4.77. The van der Waals surface area contributed by atoms with Crippen LogP contribution in [0.25, 0.3) is 11.1 Å². The van der Waals surface area contributed by atoms with E-state index in [9.17, 15) is 0 Å². The molecule has 0 aromatic heterocycles. The molecule has 0 aliphatic rings. The second kappa shape index (κ2) is 8.17. The van der Waals surface area contributed by atoms with Crippen molar-refractivity contribution in [2.75, 3.05) is 6.61 Å². The van der Waals surface area contributed by atoms with Crippen molar-refractivity contribution in [3.8, 4) is 16.9 Å². The van der Waals surface area contributed by atoms with Crippen LogP contribution in [0.4, 0.5) is 0 Å². The van der Waals surface area contributed by atoms with Gasteiger partial charge in [-0.3, -0.25) is 0 Å². The SMILES string of the molecule is C=CCCc1ccc(-c2ccc(OCC)c(I)c2I)cc1. The highest BCUT2D eigenvalue weighted by Gasteiger charge is 2.11. The first kappa shape index (κ1) is 16.8. The first-order valence-electron chi connectivity index (χ1n) is 6.98. The fourth-order valence-electron chi connectivity index (χ4n) is 2.14. The molecule has 2 aromatic rings. The molecule has 0 saturated heterocycles. The number of aryl methyl sites for hydroxylation is 1. The highest BCUT2D eigenvalue weighted by atomic mass is 127. The van der Waals surface area contributed by atoms with Gasteiger partial charge in [-0.05, 0) is 93.8 Å². The van der Waals surface area contributed by atoms with Crippen LogP contribution in [0.2, 0.25) is 0 Å². The van der Waals surface area contributed by atoms with Gasteiger partial charge < -0.3 is 4.74 Å². The van der Waals surface area contributed by atoms with E-state index in [1.54, 1.807) is 0 Å². The van der Waals surface area contributed by atoms with Crippen LogP contribution < -0.4 is 4.74 Å². The molecule has 0 N–H and O–H groups in total.